The Morgan fingerprint density at radius 3 is 2.68 bits per heavy atom. The third-order valence-corrected chi connectivity index (χ3v) is 5.32. The highest BCUT2D eigenvalue weighted by atomic mass is 19.4. The van der Waals surface area contributed by atoms with Crippen LogP contribution in [0.25, 0.3) is 0 Å². The zero-order valence-corrected chi connectivity index (χ0v) is 17.8. The summed E-state index contributed by atoms with van der Waals surface area (Å²) < 4.78 is 48.2. The van der Waals surface area contributed by atoms with Gasteiger partial charge in [0.1, 0.15) is 5.82 Å². The topological polar surface area (TPSA) is 62.2 Å². The lowest BCUT2D eigenvalue weighted by Gasteiger charge is -2.37. The summed E-state index contributed by atoms with van der Waals surface area (Å²) in [6.07, 6.45) is -1.70. The van der Waals surface area contributed by atoms with Gasteiger partial charge in [-0.05, 0) is 31.4 Å². The summed E-state index contributed by atoms with van der Waals surface area (Å²) in [4.78, 5) is 13.4. The molecule has 1 aromatic heterocycles. The molecule has 3 rings (SSSR count). The highest BCUT2D eigenvalue weighted by Crippen LogP contribution is 2.22. The van der Waals surface area contributed by atoms with Crippen LogP contribution in [0.4, 0.5) is 19.0 Å². The Morgan fingerprint density at radius 2 is 2.00 bits per heavy atom. The first-order valence-corrected chi connectivity index (χ1v) is 11.0. The Hall–Kier alpha value is -2.07. The second kappa shape index (κ2) is 12.1. The molecule has 1 unspecified atom stereocenters. The lowest BCUT2D eigenvalue weighted by molar-refractivity contribution is -0.135. The predicted molar refractivity (Wildman–Crippen MR) is 113 cm³/mol. The molecule has 0 radical (unpaired) electrons. The van der Waals surface area contributed by atoms with Crippen molar-refractivity contribution in [3.8, 4) is 0 Å². The smallest absolute Gasteiger partial charge is 0.376 e. The molecule has 2 saturated heterocycles. The molecule has 2 aliphatic heterocycles. The second-order valence-corrected chi connectivity index (χ2v) is 7.72. The number of ether oxygens (including phenoxy) is 2. The van der Waals surface area contributed by atoms with E-state index in [0.717, 1.165) is 44.4 Å². The van der Waals surface area contributed by atoms with Gasteiger partial charge in [-0.15, -0.1) is 0 Å². The van der Waals surface area contributed by atoms with Crippen LogP contribution in [0.5, 0.6) is 0 Å². The van der Waals surface area contributed by atoms with Crippen LogP contribution in [0, 0.1) is 0 Å². The number of rotatable bonds is 8. The first-order chi connectivity index (χ1) is 15.0. The number of aromatic nitrogens is 1. The quantitative estimate of drug-likeness (QED) is 0.379. The predicted octanol–water partition coefficient (Wildman–Crippen LogP) is 2.69. The number of anilines is 1. The molecule has 1 N–H and O–H groups in total. The number of nitrogens with zero attached hydrogens (tertiary/aromatic N) is 4. The number of unbranched alkanes of at least 4 members (excludes halogenated alkanes) is 1. The first kappa shape index (κ1) is 23.6. The van der Waals surface area contributed by atoms with Crippen LogP contribution in [0.2, 0.25) is 0 Å². The summed E-state index contributed by atoms with van der Waals surface area (Å²) >= 11 is 0. The van der Waals surface area contributed by atoms with Crippen LogP contribution in [-0.2, 0) is 9.47 Å². The third kappa shape index (κ3) is 8.53. The van der Waals surface area contributed by atoms with Crippen LogP contribution in [0.3, 0.4) is 0 Å². The molecule has 2 fully saturated rings. The lowest BCUT2D eigenvalue weighted by Crippen LogP contribution is -2.53. The minimum atomic E-state index is -4.10. The molecule has 1 atom stereocenters. The first-order valence-electron chi connectivity index (χ1n) is 11.0. The van der Waals surface area contributed by atoms with Gasteiger partial charge in [0, 0.05) is 51.9 Å². The Kier molecular flexibility index (Phi) is 9.20. The molecule has 31 heavy (non-hydrogen) atoms. The second-order valence-electron chi connectivity index (χ2n) is 7.72. The van der Waals surface area contributed by atoms with Crippen LogP contribution in [0.15, 0.2) is 29.4 Å². The molecule has 2 aliphatic rings. The molecule has 0 saturated carbocycles. The minimum Gasteiger partial charge on any atom is -0.376 e. The Morgan fingerprint density at radius 1 is 1.16 bits per heavy atom. The molecule has 0 amide bonds. The maximum atomic E-state index is 12.4. The number of piperazine rings is 1. The number of hydrogen-bond donors (Lipinski definition) is 1. The van der Waals surface area contributed by atoms with E-state index < -0.39 is 12.6 Å². The number of hydrogen-bond acceptors (Lipinski definition) is 5. The van der Waals surface area contributed by atoms with Crippen molar-refractivity contribution in [2.75, 3.05) is 64.0 Å². The molecular weight excluding hydrogens is 411 g/mol. The van der Waals surface area contributed by atoms with Gasteiger partial charge in [-0.2, -0.15) is 13.2 Å². The van der Waals surface area contributed by atoms with Gasteiger partial charge < -0.3 is 24.6 Å². The Labute approximate surface area is 181 Å². The van der Waals surface area contributed by atoms with E-state index >= 15 is 0 Å². The Balaban J connectivity index is 1.49. The van der Waals surface area contributed by atoms with Gasteiger partial charge in [0.25, 0.3) is 0 Å². The van der Waals surface area contributed by atoms with Crippen molar-refractivity contribution < 1.29 is 22.6 Å². The summed E-state index contributed by atoms with van der Waals surface area (Å²) in [5.74, 6) is 1.71. The summed E-state index contributed by atoms with van der Waals surface area (Å²) in [5.41, 5.74) is 0. The lowest BCUT2D eigenvalue weighted by atomic mass is 10.2. The van der Waals surface area contributed by atoms with Crippen molar-refractivity contribution in [1.29, 1.82) is 0 Å². The molecule has 0 aromatic carbocycles. The van der Waals surface area contributed by atoms with Crippen molar-refractivity contribution in [2.45, 2.75) is 38.0 Å². The maximum absolute atomic E-state index is 12.4. The van der Waals surface area contributed by atoms with Crippen molar-refractivity contribution in [3.63, 3.8) is 0 Å². The van der Waals surface area contributed by atoms with E-state index in [2.05, 4.69) is 25.1 Å². The van der Waals surface area contributed by atoms with Crippen molar-refractivity contribution >= 4 is 11.8 Å². The zero-order chi connectivity index (χ0) is 21.9. The number of aliphatic imine (C=N–C) groups is 1. The zero-order valence-electron chi connectivity index (χ0n) is 17.8. The van der Waals surface area contributed by atoms with E-state index in [1.165, 1.54) is 0 Å². The SMILES string of the molecule is FC(F)(F)CCCCN=C(NCCC1COCCO1)N1CCN(c2ccccn2)CC1. The molecule has 174 valence electrons. The summed E-state index contributed by atoms with van der Waals surface area (Å²) in [6, 6.07) is 5.87. The van der Waals surface area contributed by atoms with Crippen LogP contribution >= 0.6 is 0 Å². The minimum absolute atomic E-state index is 0.0651. The highest BCUT2D eigenvalue weighted by molar-refractivity contribution is 5.80. The number of guanidine groups is 1. The number of nitrogens with one attached hydrogen (secondary N) is 1. The van der Waals surface area contributed by atoms with E-state index in [1.807, 2.05) is 18.2 Å². The fourth-order valence-corrected chi connectivity index (χ4v) is 3.63. The Bertz CT molecular complexity index is 661. The van der Waals surface area contributed by atoms with Gasteiger partial charge in [0.2, 0.25) is 0 Å². The average molecular weight is 444 g/mol. The van der Waals surface area contributed by atoms with E-state index in [1.54, 1.807) is 6.20 Å². The maximum Gasteiger partial charge on any atom is 0.389 e. The molecule has 7 nitrogen and oxygen atoms in total. The van der Waals surface area contributed by atoms with Crippen molar-refractivity contribution in [1.82, 2.24) is 15.2 Å². The molecular formula is C21H32F3N5O2. The average Bonchev–Trinajstić information content (AvgIpc) is 2.78. The fraction of sp³-hybridized carbons (Fsp3) is 0.714. The number of pyridine rings is 1. The standard InChI is InChI=1S/C21H32F3N5O2/c22-21(23,24)7-2-4-9-26-20(27-10-6-18-17-30-15-16-31-18)29-13-11-28(12-14-29)19-5-1-3-8-25-19/h1,3,5,8,18H,2,4,6-7,9-17H2,(H,26,27). The van der Waals surface area contributed by atoms with Gasteiger partial charge in [-0.25, -0.2) is 4.98 Å². The summed E-state index contributed by atoms with van der Waals surface area (Å²) in [6.45, 7) is 6.06. The van der Waals surface area contributed by atoms with Crippen LogP contribution in [-0.4, -0.2) is 87.2 Å². The molecule has 0 spiro atoms. The largest absolute Gasteiger partial charge is 0.389 e. The number of halogens is 3. The van der Waals surface area contributed by atoms with E-state index in [-0.39, 0.29) is 12.5 Å². The van der Waals surface area contributed by atoms with E-state index in [9.17, 15) is 13.2 Å². The molecule has 3 heterocycles. The van der Waals surface area contributed by atoms with Crippen molar-refractivity contribution in [3.05, 3.63) is 24.4 Å². The van der Waals surface area contributed by atoms with Gasteiger partial charge >= 0.3 is 6.18 Å². The number of alkyl halides is 3. The van der Waals surface area contributed by atoms with Crippen LogP contribution < -0.4 is 10.2 Å². The highest BCUT2D eigenvalue weighted by Gasteiger charge is 2.26. The summed E-state index contributed by atoms with van der Waals surface area (Å²) in [5, 5.41) is 3.38. The van der Waals surface area contributed by atoms with Gasteiger partial charge in [-0.1, -0.05) is 6.07 Å². The molecule has 0 bridgehead atoms. The van der Waals surface area contributed by atoms with Crippen molar-refractivity contribution in [2.24, 2.45) is 4.99 Å². The van der Waals surface area contributed by atoms with Crippen LogP contribution in [0.1, 0.15) is 25.7 Å². The van der Waals surface area contributed by atoms with E-state index in [4.69, 9.17) is 9.47 Å². The summed E-state index contributed by atoms with van der Waals surface area (Å²) in [7, 11) is 0. The normalized spacial score (nSPS) is 20.7. The molecule has 10 heteroatoms. The van der Waals surface area contributed by atoms with Gasteiger partial charge in [-0.3, -0.25) is 4.99 Å². The molecule has 1 aromatic rings. The van der Waals surface area contributed by atoms with Gasteiger partial charge in [0.05, 0.1) is 25.9 Å². The fourth-order valence-electron chi connectivity index (χ4n) is 3.63. The monoisotopic (exact) mass is 443 g/mol. The third-order valence-electron chi connectivity index (χ3n) is 5.32. The van der Waals surface area contributed by atoms with E-state index in [0.29, 0.717) is 39.3 Å². The molecule has 0 aliphatic carbocycles. The van der Waals surface area contributed by atoms with Gasteiger partial charge in [0.15, 0.2) is 5.96 Å².